The van der Waals surface area contributed by atoms with Gasteiger partial charge in [-0.25, -0.2) is 4.39 Å². The monoisotopic (exact) mass is 302 g/mol. The fourth-order valence-corrected chi connectivity index (χ4v) is 2.06. The van der Waals surface area contributed by atoms with Gasteiger partial charge in [-0.2, -0.15) is 0 Å². The Morgan fingerprint density at radius 3 is 2.59 bits per heavy atom. The normalized spacial score (nSPS) is 12.8. The van der Waals surface area contributed by atoms with Gasteiger partial charge in [0.1, 0.15) is 11.9 Å². The first kappa shape index (κ1) is 14.3. The fraction of sp³-hybridized carbons (Fsp3) is 0.462. The molecule has 0 saturated heterocycles. The summed E-state index contributed by atoms with van der Waals surface area (Å²) in [4.78, 5) is 11.9. The average molecular weight is 303 g/mol. The predicted molar refractivity (Wildman–Crippen MR) is 68.4 cm³/mol. The highest BCUT2D eigenvalue weighted by Crippen LogP contribution is 2.17. The molecule has 1 unspecified atom stereocenters. The molecule has 0 radical (unpaired) electrons. The quantitative estimate of drug-likeness (QED) is 0.833. The summed E-state index contributed by atoms with van der Waals surface area (Å²) < 4.78 is 19.3. The first-order valence-electron chi connectivity index (χ1n) is 5.45. The molecule has 17 heavy (non-hydrogen) atoms. The van der Waals surface area contributed by atoms with Crippen molar-refractivity contribution < 1.29 is 13.9 Å². The molecule has 1 aromatic rings. The van der Waals surface area contributed by atoms with Gasteiger partial charge in [0.2, 0.25) is 0 Å². The molecule has 0 amide bonds. The van der Waals surface area contributed by atoms with Crippen LogP contribution in [0.4, 0.5) is 4.39 Å². The van der Waals surface area contributed by atoms with Crippen molar-refractivity contribution in [2.24, 2.45) is 5.92 Å². The molecule has 0 fully saturated rings. The van der Waals surface area contributed by atoms with Crippen LogP contribution in [-0.4, -0.2) is 19.0 Å². The summed E-state index contributed by atoms with van der Waals surface area (Å²) in [5.41, 5.74) is 0.404. The van der Waals surface area contributed by atoms with Crippen LogP contribution in [0, 0.1) is 11.7 Å². The first-order chi connectivity index (χ1) is 7.95. The molecule has 94 valence electrons. The van der Waals surface area contributed by atoms with Gasteiger partial charge in [0, 0.05) is 18.0 Å². The van der Waals surface area contributed by atoms with Crippen molar-refractivity contribution in [1.29, 1.82) is 0 Å². The summed E-state index contributed by atoms with van der Waals surface area (Å²) in [5, 5.41) is 0. The molecular weight excluding hydrogens is 287 g/mol. The molecule has 0 bridgehead atoms. The third kappa shape index (κ3) is 3.89. The van der Waals surface area contributed by atoms with E-state index in [0.29, 0.717) is 10.0 Å². The summed E-state index contributed by atoms with van der Waals surface area (Å²) in [6.45, 7) is 3.81. The van der Waals surface area contributed by atoms with Gasteiger partial charge in [-0.1, -0.05) is 35.8 Å². The van der Waals surface area contributed by atoms with E-state index in [-0.39, 0.29) is 23.9 Å². The van der Waals surface area contributed by atoms with Gasteiger partial charge in [-0.05, 0) is 23.6 Å². The number of halogens is 2. The second kappa shape index (κ2) is 6.26. The van der Waals surface area contributed by atoms with Crippen molar-refractivity contribution in [3.05, 3.63) is 34.1 Å². The predicted octanol–water partition coefficient (Wildman–Crippen LogP) is 3.37. The maximum atomic E-state index is 13.6. The molecule has 0 aliphatic rings. The minimum Gasteiger partial charge on any atom is -0.373 e. The highest BCUT2D eigenvalue weighted by Gasteiger charge is 2.22. The van der Waals surface area contributed by atoms with Crippen LogP contribution in [0.5, 0.6) is 0 Å². The molecule has 1 atom stereocenters. The summed E-state index contributed by atoms with van der Waals surface area (Å²) in [5.74, 6) is -0.374. The largest absolute Gasteiger partial charge is 0.373 e. The Labute approximate surface area is 109 Å². The van der Waals surface area contributed by atoms with E-state index < -0.39 is 6.10 Å². The Kier molecular flexibility index (Phi) is 5.28. The lowest BCUT2D eigenvalue weighted by molar-refractivity contribution is -0.130. The zero-order valence-electron chi connectivity index (χ0n) is 10.2. The smallest absolute Gasteiger partial charge is 0.166 e. The van der Waals surface area contributed by atoms with E-state index in [9.17, 15) is 9.18 Å². The van der Waals surface area contributed by atoms with Crippen LogP contribution >= 0.6 is 15.9 Å². The van der Waals surface area contributed by atoms with Gasteiger partial charge in [0.15, 0.2) is 5.78 Å². The molecule has 0 spiro atoms. The Morgan fingerprint density at radius 2 is 2.12 bits per heavy atom. The second-order valence-electron chi connectivity index (χ2n) is 4.28. The second-order valence-corrected chi connectivity index (χ2v) is 5.19. The first-order valence-corrected chi connectivity index (χ1v) is 6.24. The molecule has 1 aromatic carbocycles. The Morgan fingerprint density at radius 1 is 1.47 bits per heavy atom. The molecule has 4 heteroatoms. The number of methoxy groups -OCH3 is 1. The number of ketones is 1. The topological polar surface area (TPSA) is 26.3 Å². The third-order valence-electron chi connectivity index (χ3n) is 2.56. The molecule has 2 nitrogen and oxygen atoms in total. The molecule has 0 heterocycles. The van der Waals surface area contributed by atoms with Crippen molar-refractivity contribution in [3.8, 4) is 0 Å². The van der Waals surface area contributed by atoms with Crippen LogP contribution in [0.3, 0.4) is 0 Å². The van der Waals surface area contributed by atoms with E-state index in [1.807, 2.05) is 13.8 Å². The number of rotatable bonds is 5. The highest BCUT2D eigenvalue weighted by atomic mass is 79.9. The summed E-state index contributed by atoms with van der Waals surface area (Å²) >= 11 is 3.18. The maximum absolute atomic E-state index is 13.6. The van der Waals surface area contributed by atoms with Gasteiger partial charge in [-0.3, -0.25) is 4.79 Å². The fourth-order valence-electron chi connectivity index (χ4n) is 1.73. The van der Waals surface area contributed by atoms with Crippen LogP contribution in [0.1, 0.15) is 19.4 Å². The third-order valence-corrected chi connectivity index (χ3v) is 3.05. The molecule has 0 aliphatic carbocycles. The standard InChI is InChI=1S/C13H16BrFO2/c1-8(2)13(17-3)12(16)6-9-4-5-10(14)7-11(9)15/h4-5,7-8,13H,6H2,1-3H3. The number of carbonyl (C=O) groups excluding carboxylic acids is 1. The van der Waals surface area contributed by atoms with Gasteiger partial charge in [-0.15, -0.1) is 0 Å². The Balaban J connectivity index is 2.80. The molecule has 0 aromatic heterocycles. The van der Waals surface area contributed by atoms with Crippen LogP contribution in [0.2, 0.25) is 0 Å². The lowest BCUT2D eigenvalue weighted by Gasteiger charge is -2.17. The van der Waals surface area contributed by atoms with Crippen molar-refractivity contribution in [3.63, 3.8) is 0 Å². The van der Waals surface area contributed by atoms with Crippen molar-refractivity contribution in [1.82, 2.24) is 0 Å². The van der Waals surface area contributed by atoms with Crippen LogP contribution in [-0.2, 0) is 16.0 Å². The number of Topliss-reactive ketones (excluding diaryl/α,β-unsaturated/α-hetero) is 1. The van der Waals surface area contributed by atoms with Crippen molar-refractivity contribution in [2.75, 3.05) is 7.11 Å². The Hall–Kier alpha value is -0.740. The van der Waals surface area contributed by atoms with E-state index in [4.69, 9.17) is 4.74 Å². The Bertz CT molecular complexity index is 404. The molecule has 1 rings (SSSR count). The van der Waals surface area contributed by atoms with Gasteiger partial charge in [0.25, 0.3) is 0 Å². The molecular formula is C13H16BrFO2. The zero-order valence-corrected chi connectivity index (χ0v) is 11.8. The number of carbonyl (C=O) groups is 1. The maximum Gasteiger partial charge on any atom is 0.166 e. The molecule has 0 aliphatic heterocycles. The lowest BCUT2D eigenvalue weighted by atomic mass is 9.97. The van der Waals surface area contributed by atoms with Crippen LogP contribution in [0.15, 0.2) is 22.7 Å². The average Bonchev–Trinajstić information content (AvgIpc) is 2.22. The number of ether oxygens (including phenoxy) is 1. The zero-order chi connectivity index (χ0) is 13.0. The highest BCUT2D eigenvalue weighted by molar-refractivity contribution is 9.10. The van der Waals surface area contributed by atoms with E-state index in [1.165, 1.54) is 13.2 Å². The molecule has 0 N–H and O–H groups in total. The van der Waals surface area contributed by atoms with Gasteiger partial charge in [0.05, 0.1) is 0 Å². The van der Waals surface area contributed by atoms with Crippen molar-refractivity contribution >= 4 is 21.7 Å². The minimum absolute atomic E-state index is 0.0653. The SMILES string of the molecule is COC(C(=O)Cc1ccc(Br)cc1F)C(C)C. The lowest BCUT2D eigenvalue weighted by Crippen LogP contribution is -2.30. The summed E-state index contributed by atoms with van der Waals surface area (Å²) in [7, 11) is 1.50. The van der Waals surface area contributed by atoms with E-state index >= 15 is 0 Å². The summed E-state index contributed by atoms with van der Waals surface area (Å²) in [6, 6.07) is 4.70. The number of hydrogen-bond acceptors (Lipinski definition) is 2. The number of hydrogen-bond donors (Lipinski definition) is 0. The van der Waals surface area contributed by atoms with Crippen LogP contribution < -0.4 is 0 Å². The number of benzene rings is 1. The summed E-state index contributed by atoms with van der Waals surface area (Å²) in [6.07, 6.45) is -0.409. The minimum atomic E-state index is -0.474. The van der Waals surface area contributed by atoms with E-state index in [1.54, 1.807) is 12.1 Å². The van der Waals surface area contributed by atoms with E-state index in [0.717, 1.165) is 0 Å². The van der Waals surface area contributed by atoms with Gasteiger partial charge < -0.3 is 4.74 Å². The van der Waals surface area contributed by atoms with E-state index in [2.05, 4.69) is 15.9 Å². The molecule has 0 saturated carbocycles. The van der Waals surface area contributed by atoms with Crippen LogP contribution in [0.25, 0.3) is 0 Å². The van der Waals surface area contributed by atoms with Crippen molar-refractivity contribution in [2.45, 2.75) is 26.4 Å². The van der Waals surface area contributed by atoms with Gasteiger partial charge >= 0.3 is 0 Å².